The van der Waals surface area contributed by atoms with E-state index in [-0.39, 0.29) is 11.8 Å². The van der Waals surface area contributed by atoms with Crippen LogP contribution in [0.3, 0.4) is 0 Å². The van der Waals surface area contributed by atoms with Crippen molar-refractivity contribution in [2.24, 2.45) is 0 Å². The minimum absolute atomic E-state index is 0.0325. The van der Waals surface area contributed by atoms with Crippen molar-refractivity contribution < 1.29 is 9.59 Å². The predicted octanol–water partition coefficient (Wildman–Crippen LogP) is 2.83. The lowest BCUT2D eigenvalue weighted by molar-refractivity contribution is -0.129. The van der Waals surface area contributed by atoms with E-state index in [1.165, 1.54) is 18.4 Å². The number of hydrogen-bond donors (Lipinski definition) is 1. The molecule has 2 rings (SSSR count). The van der Waals surface area contributed by atoms with E-state index >= 15 is 0 Å². The topological polar surface area (TPSA) is 62.3 Å². The summed E-state index contributed by atoms with van der Waals surface area (Å²) >= 11 is 0. The van der Waals surface area contributed by atoms with Gasteiger partial charge in [-0.3, -0.25) is 14.6 Å². The van der Waals surface area contributed by atoms with E-state index in [0.29, 0.717) is 26.1 Å². The third kappa shape index (κ3) is 6.52. The van der Waals surface area contributed by atoms with Crippen molar-refractivity contribution in [1.82, 2.24) is 15.2 Å². The van der Waals surface area contributed by atoms with Crippen molar-refractivity contribution in [3.63, 3.8) is 0 Å². The Balaban J connectivity index is 1.71. The van der Waals surface area contributed by atoms with Crippen LogP contribution in [0.4, 0.5) is 0 Å². The molecule has 0 unspecified atom stereocenters. The highest BCUT2D eigenvalue weighted by molar-refractivity contribution is 5.78. The summed E-state index contributed by atoms with van der Waals surface area (Å²) < 4.78 is 0. The fourth-order valence-corrected chi connectivity index (χ4v) is 2.86. The summed E-state index contributed by atoms with van der Waals surface area (Å²) in [4.78, 5) is 29.5. The zero-order valence-corrected chi connectivity index (χ0v) is 14.5. The van der Waals surface area contributed by atoms with Crippen LogP contribution in [-0.2, 0) is 16.1 Å². The molecule has 0 saturated heterocycles. The van der Waals surface area contributed by atoms with E-state index in [9.17, 15) is 9.59 Å². The van der Waals surface area contributed by atoms with Gasteiger partial charge in [-0.05, 0) is 49.8 Å². The van der Waals surface area contributed by atoms with Gasteiger partial charge in [0.1, 0.15) is 0 Å². The highest BCUT2D eigenvalue weighted by Crippen LogP contribution is 2.20. The molecule has 0 fully saturated rings. The number of amides is 2. The maximum atomic E-state index is 12.0. The number of aromatic nitrogens is 1. The first-order chi connectivity index (χ1) is 11.6. The first-order valence-electron chi connectivity index (χ1n) is 8.74. The molecule has 0 saturated carbocycles. The normalized spacial score (nSPS) is 14.0. The van der Waals surface area contributed by atoms with Crippen LogP contribution in [0.25, 0.3) is 0 Å². The van der Waals surface area contributed by atoms with Crippen LogP contribution in [0, 0.1) is 0 Å². The smallest absolute Gasteiger partial charge is 0.222 e. The van der Waals surface area contributed by atoms with Gasteiger partial charge in [-0.15, -0.1) is 0 Å². The second-order valence-electron chi connectivity index (χ2n) is 6.25. The molecule has 5 nitrogen and oxygen atoms in total. The van der Waals surface area contributed by atoms with Crippen LogP contribution >= 0.6 is 0 Å². The second-order valence-corrected chi connectivity index (χ2v) is 6.25. The van der Waals surface area contributed by atoms with Gasteiger partial charge in [0, 0.05) is 45.4 Å². The van der Waals surface area contributed by atoms with Crippen molar-refractivity contribution in [2.45, 2.75) is 52.0 Å². The highest BCUT2D eigenvalue weighted by atomic mass is 16.2. The summed E-state index contributed by atoms with van der Waals surface area (Å²) in [5.41, 5.74) is 2.47. The number of carbonyl (C=O) groups excluding carboxylic acids is 2. The lowest BCUT2D eigenvalue weighted by Gasteiger charge is -2.22. The zero-order valence-electron chi connectivity index (χ0n) is 14.5. The first kappa shape index (κ1) is 18.2. The lowest BCUT2D eigenvalue weighted by Crippen LogP contribution is -2.34. The minimum Gasteiger partial charge on any atom is -0.352 e. The van der Waals surface area contributed by atoms with Crippen LogP contribution in [-0.4, -0.2) is 34.8 Å². The monoisotopic (exact) mass is 329 g/mol. The summed E-state index contributed by atoms with van der Waals surface area (Å²) in [5, 5.41) is 2.88. The molecule has 0 atom stereocenters. The molecule has 24 heavy (non-hydrogen) atoms. The van der Waals surface area contributed by atoms with Gasteiger partial charge in [-0.25, -0.2) is 0 Å². The van der Waals surface area contributed by atoms with Crippen LogP contribution < -0.4 is 5.32 Å². The Bertz CT molecular complexity index is 569. The largest absolute Gasteiger partial charge is 0.352 e. The Morgan fingerprint density at radius 1 is 1.21 bits per heavy atom. The molecule has 1 aliphatic rings. The van der Waals surface area contributed by atoms with Gasteiger partial charge >= 0.3 is 0 Å². The van der Waals surface area contributed by atoms with Gasteiger partial charge in [-0.2, -0.15) is 0 Å². The molecule has 1 heterocycles. The van der Waals surface area contributed by atoms with E-state index in [1.807, 2.05) is 12.1 Å². The molecule has 1 aliphatic carbocycles. The molecule has 1 N–H and O–H groups in total. The molecule has 1 aromatic heterocycles. The molecule has 1 aromatic rings. The van der Waals surface area contributed by atoms with E-state index in [1.54, 1.807) is 24.2 Å². The molecular weight excluding hydrogens is 302 g/mol. The molecule has 5 heteroatoms. The average Bonchev–Trinajstić information content (AvgIpc) is 2.61. The molecule has 0 bridgehead atoms. The number of pyridine rings is 1. The number of allylic oxidation sites excluding steroid dienone is 1. The van der Waals surface area contributed by atoms with Crippen molar-refractivity contribution in [3.8, 4) is 0 Å². The van der Waals surface area contributed by atoms with Crippen molar-refractivity contribution >= 4 is 11.8 Å². The third-order valence-corrected chi connectivity index (χ3v) is 4.38. The Labute approximate surface area is 144 Å². The summed E-state index contributed by atoms with van der Waals surface area (Å²) in [7, 11) is 0. The molecular formula is C19H27N3O2. The molecule has 130 valence electrons. The van der Waals surface area contributed by atoms with Crippen LogP contribution in [0.1, 0.15) is 51.0 Å². The predicted molar refractivity (Wildman–Crippen MR) is 94.1 cm³/mol. The van der Waals surface area contributed by atoms with Crippen molar-refractivity contribution in [3.05, 3.63) is 41.7 Å². The number of carbonyl (C=O) groups is 2. The van der Waals surface area contributed by atoms with Gasteiger partial charge in [0.05, 0.1) is 0 Å². The summed E-state index contributed by atoms with van der Waals surface area (Å²) in [6.07, 6.45) is 11.8. The molecule has 2 amide bonds. The van der Waals surface area contributed by atoms with E-state index in [0.717, 1.165) is 24.8 Å². The fraction of sp³-hybridized carbons (Fsp3) is 0.526. The van der Waals surface area contributed by atoms with Crippen molar-refractivity contribution in [2.75, 3.05) is 13.1 Å². The Kier molecular flexibility index (Phi) is 7.46. The van der Waals surface area contributed by atoms with E-state index in [4.69, 9.17) is 0 Å². The number of nitrogens with zero attached hydrogens (tertiary/aromatic N) is 2. The van der Waals surface area contributed by atoms with Gasteiger partial charge < -0.3 is 10.2 Å². The van der Waals surface area contributed by atoms with Gasteiger partial charge in [0.15, 0.2) is 0 Å². The number of nitrogens with one attached hydrogen (secondary N) is 1. The van der Waals surface area contributed by atoms with Gasteiger partial charge in [0.2, 0.25) is 11.8 Å². The third-order valence-electron chi connectivity index (χ3n) is 4.38. The number of hydrogen-bond acceptors (Lipinski definition) is 3. The minimum atomic E-state index is -0.0325. The Morgan fingerprint density at radius 2 is 2.00 bits per heavy atom. The van der Waals surface area contributed by atoms with Gasteiger partial charge in [0.25, 0.3) is 0 Å². The molecule has 0 aliphatic heterocycles. The molecule has 0 aromatic carbocycles. The van der Waals surface area contributed by atoms with Crippen LogP contribution in [0.15, 0.2) is 36.2 Å². The first-order valence-corrected chi connectivity index (χ1v) is 8.74. The number of rotatable bonds is 8. The quantitative estimate of drug-likeness (QED) is 0.746. The van der Waals surface area contributed by atoms with Crippen LogP contribution in [0.2, 0.25) is 0 Å². The maximum Gasteiger partial charge on any atom is 0.222 e. The summed E-state index contributed by atoms with van der Waals surface area (Å²) in [6.45, 7) is 3.25. The summed E-state index contributed by atoms with van der Waals surface area (Å²) in [5.74, 6) is 0.00304. The summed E-state index contributed by atoms with van der Waals surface area (Å²) in [6, 6.07) is 3.75. The standard InChI is InChI=1S/C19H27N3O2/c1-16(23)22(13-9-17-5-3-2-4-6-17)14-10-19(24)21-15-18-7-11-20-12-8-18/h5,7-8,11-12H,2-4,6,9-10,13-15H2,1H3,(H,21,24). The molecule has 0 spiro atoms. The van der Waals surface area contributed by atoms with Crippen molar-refractivity contribution in [1.29, 1.82) is 0 Å². The van der Waals surface area contributed by atoms with Gasteiger partial charge in [-0.1, -0.05) is 11.6 Å². The lowest BCUT2D eigenvalue weighted by atomic mass is 9.97. The molecule has 0 radical (unpaired) electrons. The SMILES string of the molecule is CC(=O)N(CCC(=O)NCc1ccncc1)CCC1=CCCCC1. The maximum absolute atomic E-state index is 12.0. The Morgan fingerprint density at radius 3 is 2.67 bits per heavy atom. The van der Waals surface area contributed by atoms with Crippen LogP contribution in [0.5, 0.6) is 0 Å². The highest BCUT2D eigenvalue weighted by Gasteiger charge is 2.12. The fourth-order valence-electron chi connectivity index (χ4n) is 2.86. The average molecular weight is 329 g/mol. The zero-order chi connectivity index (χ0) is 17.2. The van der Waals surface area contributed by atoms with E-state index < -0.39 is 0 Å². The second kappa shape index (κ2) is 9.85. The Hall–Kier alpha value is -2.17. The van der Waals surface area contributed by atoms with E-state index in [2.05, 4.69) is 16.4 Å².